The molecule has 0 aliphatic carbocycles. The number of hydrogen-bond acceptors (Lipinski definition) is 4. The molecule has 1 N–H and O–H groups in total. The Bertz CT molecular complexity index is 456. The second kappa shape index (κ2) is 4.95. The first-order chi connectivity index (χ1) is 7.47. The lowest BCUT2D eigenvalue weighted by Gasteiger charge is -2.20. The van der Waals surface area contributed by atoms with Gasteiger partial charge in [-0.15, -0.1) is 4.47 Å². The molecule has 16 heavy (non-hydrogen) atoms. The zero-order valence-electron chi connectivity index (χ0n) is 8.53. The maximum atomic E-state index is 11.6. The zero-order valence-corrected chi connectivity index (χ0v) is 9.35. The van der Waals surface area contributed by atoms with Gasteiger partial charge in [0.2, 0.25) is 0 Å². The third-order valence-electron chi connectivity index (χ3n) is 1.69. The highest BCUT2D eigenvalue weighted by Gasteiger charge is 2.25. The molecule has 0 heterocycles. The standard InChI is InChI=1S/C9H11NO5S/c1-15-10(8-5-3-2-4-6-8)16(13,14)7-9(11)12/h2-6H,7H2,1H3,(H,11,12). The fourth-order valence-electron chi connectivity index (χ4n) is 1.14. The molecule has 1 aromatic carbocycles. The van der Waals surface area contributed by atoms with Crippen LogP contribution in [0.3, 0.4) is 0 Å². The normalized spacial score (nSPS) is 11.1. The van der Waals surface area contributed by atoms with E-state index in [9.17, 15) is 13.2 Å². The van der Waals surface area contributed by atoms with Crippen LogP contribution in [0.4, 0.5) is 5.69 Å². The molecule has 0 fully saturated rings. The number of anilines is 1. The van der Waals surface area contributed by atoms with Crippen molar-refractivity contribution in [1.82, 2.24) is 0 Å². The Labute approximate surface area is 93.1 Å². The number of nitrogens with zero attached hydrogens (tertiary/aromatic N) is 1. The summed E-state index contributed by atoms with van der Waals surface area (Å²) in [6.07, 6.45) is 0. The van der Waals surface area contributed by atoms with E-state index >= 15 is 0 Å². The second-order valence-corrected chi connectivity index (χ2v) is 4.68. The van der Waals surface area contributed by atoms with Crippen LogP contribution < -0.4 is 4.47 Å². The van der Waals surface area contributed by atoms with Gasteiger partial charge in [0, 0.05) is 0 Å². The van der Waals surface area contributed by atoms with E-state index < -0.39 is 21.7 Å². The van der Waals surface area contributed by atoms with Crippen LogP contribution in [0, 0.1) is 0 Å². The van der Waals surface area contributed by atoms with Crippen LogP contribution in [-0.2, 0) is 19.7 Å². The number of carboxylic acid groups (broad SMARTS) is 1. The first kappa shape index (κ1) is 12.5. The molecular formula is C9H11NO5S. The molecule has 1 aromatic rings. The first-order valence-electron chi connectivity index (χ1n) is 4.31. The van der Waals surface area contributed by atoms with Gasteiger partial charge < -0.3 is 5.11 Å². The minimum absolute atomic E-state index is 0.256. The van der Waals surface area contributed by atoms with Crippen LogP contribution in [0.15, 0.2) is 30.3 Å². The number of aliphatic carboxylic acids is 1. The average molecular weight is 245 g/mol. The van der Waals surface area contributed by atoms with Crippen LogP contribution in [0.25, 0.3) is 0 Å². The maximum Gasteiger partial charge on any atom is 0.320 e. The van der Waals surface area contributed by atoms with E-state index in [0.29, 0.717) is 4.47 Å². The smallest absolute Gasteiger partial charge is 0.320 e. The van der Waals surface area contributed by atoms with Gasteiger partial charge >= 0.3 is 5.97 Å². The van der Waals surface area contributed by atoms with Crippen molar-refractivity contribution in [3.05, 3.63) is 30.3 Å². The predicted octanol–water partition coefficient (Wildman–Crippen LogP) is 0.469. The van der Waals surface area contributed by atoms with Crippen LogP contribution >= 0.6 is 0 Å². The van der Waals surface area contributed by atoms with E-state index in [1.54, 1.807) is 18.2 Å². The second-order valence-electron chi connectivity index (χ2n) is 2.90. The Kier molecular flexibility index (Phi) is 3.86. The van der Waals surface area contributed by atoms with Gasteiger partial charge in [-0.05, 0) is 12.1 Å². The van der Waals surface area contributed by atoms with Crippen molar-refractivity contribution in [2.75, 3.05) is 17.3 Å². The highest BCUT2D eigenvalue weighted by molar-refractivity contribution is 7.93. The Hall–Kier alpha value is -1.60. The van der Waals surface area contributed by atoms with Crippen molar-refractivity contribution < 1.29 is 23.2 Å². The molecule has 7 heteroatoms. The number of sulfonamides is 1. The van der Waals surface area contributed by atoms with Crippen LogP contribution in [0.2, 0.25) is 0 Å². The van der Waals surface area contributed by atoms with Gasteiger partial charge in [0.05, 0.1) is 12.8 Å². The molecule has 0 saturated heterocycles. The fourth-order valence-corrected chi connectivity index (χ4v) is 2.24. The molecule has 0 radical (unpaired) electrons. The van der Waals surface area contributed by atoms with Gasteiger partial charge in [-0.3, -0.25) is 9.63 Å². The summed E-state index contributed by atoms with van der Waals surface area (Å²) in [6, 6.07) is 7.96. The molecule has 0 saturated carbocycles. The minimum atomic E-state index is -4.01. The van der Waals surface area contributed by atoms with Gasteiger partial charge in [0.15, 0.2) is 5.75 Å². The molecule has 0 aromatic heterocycles. The Morgan fingerprint density at radius 3 is 2.38 bits per heavy atom. The van der Waals surface area contributed by atoms with E-state index in [4.69, 9.17) is 5.11 Å². The molecule has 0 aliphatic heterocycles. The summed E-state index contributed by atoms with van der Waals surface area (Å²) in [5.74, 6) is -2.45. The number of hydrogen-bond donors (Lipinski definition) is 1. The van der Waals surface area contributed by atoms with E-state index in [1.165, 1.54) is 12.1 Å². The number of rotatable bonds is 5. The van der Waals surface area contributed by atoms with E-state index in [1.807, 2.05) is 0 Å². The first-order valence-corrected chi connectivity index (χ1v) is 5.92. The molecule has 0 spiro atoms. The predicted molar refractivity (Wildman–Crippen MR) is 57.4 cm³/mol. The van der Waals surface area contributed by atoms with E-state index in [-0.39, 0.29) is 5.69 Å². The van der Waals surface area contributed by atoms with Gasteiger partial charge in [-0.1, -0.05) is 18.2 Å². The Morgan fingerprint density at radius 2 is 1.94 bits per heavy atom. The highest BCUT2D eigenvalue weighted by atomic mass is 32.2. The Morgan fingerprint density at radius 1 is 1.38 bits per heavy atom. The summed E-state index contributed by atoms with van der Waals surface area (Å²) in [5, 5.41) is 8.48. The summed E-state index contributed by atoms with van der Waals surface area (Å²) < 4.78 is 23.8. The van der Waals surface area contributed by atoms with Crippen molar-refractivity contribution >= 4 is 21.7 Å². The Balaban J connectivity index is 3.04. The molecule has 6 nitrogen and oxygen atoms in total. The highest BCUT2D eigenvalue weighted by Crippen LogP contribution is 2.17. The largest absolute Gasteiger partial charge is 0.480 e. The minimum Gasteiger partial charge on any atom is -0.480 e. The van der Waals surface area contributed by atoms with Gasteiger partial charge in [0.25, 0.3) is 10.0 Å². The van der Waals surface area contributed by atoms with Gasteiger partial charge in [0.1, 0.15) is 0 Å². The topological polar surface area (TPSA) is 83.9 Å². The van der Waals surface area contributed by atoms with E-state index in [0.717, 1.165) is 7.11 Å². The molecular weight excluding hydrogens is 234 g/mol. The lowest BCUT2D eigenvalue weighted by Crippen LogP contribution is -2.34. The molecule has 88 valence electrons. The maximum absolute atomic E-state index is 11.6. The zero-order chi connectivity index (χ0) is 12.2. The van der Waals surface area contributed by atoms with Gasteiger partial charge in [-0.25, -0.2) is 8.42 Å². The number of benzene rings is 1. The summed E-state index contributed by atoms with van der Waals surface area (Å²) in [5.41, 5.74) is 0.256. The van der Waals surface area contributed by atoms with Gasteiger partial charge in [-0.2, -0.15) is 0 Å². The molecule has 0 atom stereocenters. The summed E-state index contributed by atoms with van der Waals surface area (Å²) in [4.78, 5) is 15.1. The van der Waals surface area contributed by atoms with Crippen molar-refractivity contribution in [3.63, 3.8) is 0 Å². The van der Waals surface area contributed by atoms with Crippen molar-refractivity contribution in [1.29, 1.82) is 0 Å². The average Bonchev–Trinajstić information content (AvgIpc) is 2.17. The number of para-hydroxylation sites is 1. The third kappa shape index (κ3) is 2.94. The number of carbonyl (C=O) groups is 1. The molecule has 0 amide bonds. The molecule has 0 bridgehead atoms. The molecule has 0 aliphatic rings. The number of carboxylic acids is 1. The van der Waals surface area contributed by atoms with Crippen molar-refractivity contribution in [2.24, 2.45) is 0 Å². The van der Waals surface area contributed by atoms with Crippen LogP contribution in [0.5, 0.6) is 0 Å². The van der Waals surface area contributed by atoms with Crippen LogP contribution in [0.1, 0.15) is 0 Å². The molecule has 1 rings (SSSR count). The van der Waals surface area contributed by atoms with Crippen molar-refractivity contribution in [3.8, 4) is 0 Å². The third-order valence-corrected chi connectivity index (χ3v) is 3.17. The fraction of sp³-hybridized carbons (Fsp3) is 0.222. The monoisotopic (exact) mass is 245 g/mol. The van der Waals surface area contributed by atoms with Crippen LogP contribution in [-0.4, -0.2) is 32.4 Å². The lowest BCUT2D eigenvalue weighted by atomic mass is 10.3. The van der Waals surface area contributed by atoms with Crippen molar-refractivity contribution in [2.45, 2.75) is 0 Å². The SMILES string of the molecule is CON(c1ccccc1)S(=O)(=O)CC(=O)O. The summed E-state index contributed by atoms with van der Waals surface area (Å²) >= 11 is 0. The summed E-state index contributed by atoms with van der Waals surface area (Å²) in [6.45, 7) is 0. The van der Waals surface area contributed by atoms with E-state index in [2.05, 4.69) is 4.84 Å². The quantitative estimate of drug-likeness (QED) is 0.762. The molecule has 0 unspecified atom stereocenters. The summed E-state index contributed by atoms with van der Waals surface area (Å²) in [7, 11) is -2.85. The lowest BCUT2D eigenvalue weighted by molar-refractivity contribution is -0.134.